The standard InChI is InChI=1S/C20H24N2O4/c1-4-14-5-8-16(9-6-14)22-19(23)12-25-18-11-15(7-10-17(18)21)20(24)26-13(2)3/h5-11,13H,4,12,21H2,1-3H3,(H,22,23). The number of nitrogens with two attached hydrogens (primary N) is 1. The molecule has 0 radical (unpaired) electrons. The Morgan fingerprint density at radius 1 is 1.12 bits per heavy atom. The van der Waals surface area contributed by atoms with Gasteiger partial charge >= 0.3 is 5.97 Å². The van der Waals surface area contributed by atoms with Gasteiger partial charge in [0.2, 0.25) is 0 Å². The highest BCUT2D eigenvalue weighted by atomic mass is 16.5. The summed E-state index contributed by atoms with van der Waals surface area (Å²) in [5.74, 6) is -0.520. The van der Waals surface area contributed by atoms with Crippen LogP contribution in [0.4, 0.5) is 11.4 Å². The predicted octanol–water partition coefficient (Wildman–Crippen LogP) is 3.41. The highest BCUT2D eigenvalue weighted by Gasteiger charge is 2.13. The molecule has 0 saturated carbocycles. The molecule has 0 spiro atoms. The molecule has 2 rings (SSSR count). The highest BCUT2D eigenvalue weighted by molar-refractivity contribution is 5.92. The second-order valence-corrected chi connectivity index (χ2v) is 6.09. The summed E-state index contributed by atoms with van der Waals surface area (Å²) in [6.07, 6.45) is 0.709. The summed E-state index contributed by atoms with van der Waals surface area (Å²) < 4.78 is 10.6. The molecular weight excluding hydrogens is 332 g/mol. The zero-order valence-electron chi connectivity index (χ0n) is 15.2. The van der Waals surface area contributed by atoms with Gasteiger partial charge in [0.1, 0.15) is 5.75 Å². The number of ether oxygens (including phenoxy) is 2. The van der Waals surface area contributed by atoms with Crippen molar-refractivity contribution in [2.75, 3.05) is 17.7 Å². The summed E-state index contributed by atoms with van der Waals surface area (Å²) in [6, 6.07) is 12.2. The summed E-state index contributed by atoms with van der Waals surface area (Å²) >= 11 is 0. The Hall–Kier alpha value is -3.02. The minimum absolute atomic E-state index is 0.220. The summed E-state index contributed by atoms with van der Waals surface area (Å²) in [6.45, 7) is 5.38. The lowest BCUT2D eigenvalue weighted by molar-refractivity contribution is -0.118. The van der Waals surface area contributed by atoms with E-state index in [4.69, 9.17) is 15.2 Å². The maximum Gasteiger partial charge on any atom is 0.338 e. The number of rotatable bonds is 7. The number of anilines is 2. The van der Waals surface area contributed by atoms with Crippen LogP contribution in [0.3, 0.4) is 0 Å². The molecule has 2 aromatic carbocycles. The van der Waals surface area contributed by atoms with Gasteiger partial charge in [0, 0.05) is 5.69 Å². The molecule has 3 N–H and O–H groups in total. The molecule has 26 heavy (non-hydrogen) atoms. The second-order valence-electron chi connectivity index (χ2n) is 6.09. The summed E-state index contributed by atoms with van der Waals surface area (Å²) in [7, 11) is 0. The SMILES string of the molecule is CCc1ccc(NC(=O)COc2cc(C(=O)OC(C)C)ccc2N)cc1. The van der Waals surface area contributed by atoms with Crippen molar-refractivity contribution in [2.45, 2.75) is 33.3 Å². The molecule has 0 bridgehead atoms. The highest BCUT2D eigenvalue weighted by Crippen LogP contribution is 2.23. The van der Waals surface area contributed by atoms with Crippen molar-refractivity contribution in [1.82, 2.24) is 0 Å². The predicted molar refractivity (Wildman–Crippen MR) is 101 cm³/mol. The van der Waals surface area contributed by atoms with Crippen molar-refractivity contribution in [3.63, 3.8) is 0 Å². The molecule has 0 fully saturated rings. The molecule has 138 valence electrons. The second kappa shape index (κ2) is 8.89. The first-order valence-electron chi connectivity index (χ1n) is 8.51. The number of carbonyl (C=O) groups excluding carboxylic acids is 2. The first-order valence-corrected chi connectivity index (χ1v) is 8.51. The van der Waals surface area contributed by atoms with E-state index in [1.807, 2.05) is 24.3 Å². The average Bonchev–Trinajstić information content (AvgIpc) is 2.61. The van der Waals surface area contributed by atoms with Crippen LogP contribution in [0.1, 0.15) is 36.7 Å². The Kier molecular flexibility index (Phi) is 6.60. The van der Waals surface area contributed by atoms with Gasteiger partial charge in [0.05, 0.1) is 17.4 Å². The van der Waals surface area contributed by atoms with E-state index in [1.165, 1.54) is 11.6 Å². The van der Waals surface area contributed by atoms with Crippen LogP contribution in [-0.2, 0) is 16.0 Å². The van der Waals surface area contributed by atoms with Crippen molar-refractivity contribution in [3.8, 4) is 5.75 Å². The first kappa shape index (κ1) is 19.3. The van der Waals surface area contributed by atoms with Gasteiger partial charge in [0.25, 0.3) is 5.91 Å². The molecule has 0 aliphatic carbocycles. The van der Waals surface area contributed by atoms with Crippen LogP contribution in [0, 0.1) is 0 Å². The lowest BCUT2D eigenvalue weighted by Crippen LogP contribution is -2.20. The van der Waals surface area contributed by atoms with Gasteiger partial charge in [0.15, 0.2) is 6.61 Å². The number of benzene rings is 2. The van der Waals surface area contributed by atoms with Crippen LogP contribution in [-0.4, -0.2) is 24.6 Å². The Bertz CT molecular complexity index is 770. The first-order chi connectivity index (χ1) is 12.4. The van der Waals surface area contributed by atoms with Crippen LogP contribution in [0.15, 0.2) is 42.5 Å². The van der Waals surface area contributed by atoms with Gasteiger partial charge in [-0.25, -0.2) is 4.79 Å². The van der Waals surface area contributed by atoms with Crippen molar-refractivity contribution in [3.05, 3.63) is 53.6 Å². The van der Waals surface area contributed by atoms with Crippen LogP contribution in [0.2, 0.25) is 0 Å². The maximum absolute atomic E-state index is 12.0. The van der Waals surface area contributed by atoms with E-state index in [0.717, 1.165) is 6.42 Å². The molecule has 0 aliphatic heterocycles. The van der Waals surface area contributed by atoms with Crippen molar-refractivity contribution < 1.29 is 19.1 Å². The lowest BCUT2D eigenvalue weighted by Gasteiger charge is -2.12. The molecule has 0 heterocycles. The monoisotopic (exact) mass is 356 g/mol. The Morgan fingerprint density at radius 3 is 2.42 bits per heavy atom. The molecule has 0 aromatic heterocycles. The molecule has 0 unspecified atom stereocenters. The van der Waals surface area contributed by atoms with E-state index < -0.39 is 5.97 Å². The van der Waals surface area contributed by atoms with Crippen molar-refractivity contribution >= 4 is 23.3 Å². The van der Waals surface area contributed by atoms with Gasteiger partial charge in [-0.2, -0.15) is 0 Å². The normalized spacial score (nSPS) is 10.5. The molecule has 0 atom stereocenters. The number of nitrogen functional groups attached to an aromatic ring is 1. The molecular formula is C20H24N2O4. The van der Waals surface area contributed by atoms with Gasteiger partial charge in [-0.15, -0.1) is 0 Å². The zero-order chi connectivity index (χ0) is 19.1. The largest absolute Gasteiger partial charge is 0.482 e. The molecule has 1 amide bonds. The van der Waals surface area contributed by atoms with E-state index in [1.54, 1.807) is 26.0 Å². The van der Waals surface area contributed by atoms with Crippen molar-refractivity contribution in [1.29, 1.82) is 0 Å². The van der Waals surface area contributed by atoms with Crippen molar-refractivity contribution in [2.24, 2.45) is 0 Å². The van der Waals surface area contributed by atoms with Gasteiger partial charge in [-0.05, 0) is 56.2 Å². The zero-order valence-corrected chi connectivity index (χ0v) is 15.2. The number of amides is 1. The van der Waals surface area contributed by atoms with E-state index in [2.05, 4.69) is 12.2 Å². The quantitative estimate of drug-likeness (QED) is 0.586. The maximum atomic E-state index is 12.0. The fourth-order valence-electron chi connectivity index (χ4n) is 2.23. The van der Waals surface area contributed by atoms with Crippen LogP contribution in [0.5, 0.6) is 5.75 Å². The Morgan fingerprint density at radius 2 is 1.81 bits per heavy atom. The minimum atomic E-state index is -0.467. The van der Waals surface area contributed by atoms with E-state index in [9.17, 15) is 9.59 Å². The Balaban J connectivity index is 1.97. The number of nitrogens with one attached hydrogen (secondary N) is 1. The summed E-state index contributed by atoms with van der Waals surface area (Å²) in [5, 5.41) is 2.75. The topological polar surface area (TPSA) is 90.6 Å². The number of carbonyl (C=O) groups is 2. The Labute approximate surface area is 153 Å². The van der Waals surface area contributed by atoms with Gasteiger partial charge < -0.3 is 20.5 Å². The number of hydrogen-bond donors (Lipinski definition) is 2. The third-order valence-electron chi connectivity index (χ3n) is 3.60. The number of hydrogen-bond acceptors (Lipinski definition) is 5. The fourth-order valence-corrected chi connectivity index (χ4v) is 2.23. The van der Waals surface area contributed by atoms with Crippen LogP contribution >= 0.6 is 0 Å². The molecule has 0 saturated heterocycles. The molecule has 2 aromatic rings. The molecule has 6 heteroatoms. The fraction of sp³-hybridized carbons (Fsp3) is 0.300. The van der Waals surface area contributed by atoms with E-state index in [0.29, 0.717) is 16.9 Å². The molecule has 6 nitrogen and oxygen atoms in total. The van der Waals surface area contributed by atoms with Gasteiger partial charge in [-0.3, -0.25) is 4.79 Å². The smallest absolute Gasteiger partial charge is 0.338 e. The summed E-state index contributed by atoms with van der Waals surface area (Å²) in [5.41, 5.74) is 8.39. The van der Waals surface area contributed by atoms with Crippen LogP contribution in [0.25, 0.3) is 0 Å². The minimum Gasteiger partial charge on any atom is -0.482 e. The third-order valence-corrected chi connectivity index (χ3v) is 3.60. The number of esters is 1. The van der Waals surface area contributed by atoms with E-state index >= 15 is 0 Å². The lowest BCUT2D eigenvalue weighted by atomic mass is 10.1. The average molecular weight is 356 g/mol. The third kappa shape index (κ3) is 5.51. The van der Waals surface area contributed by atoms with E-state index in [-0.39, 0.29) is 24.4 Å². The van der Waals surface area contributed by atoms with Gasteiger partial charge in [-0.1, -0.05) is 19.1 Å². The van der Waals surface area contributed by atoms with Crippen LogP contribution < -0.4 is 15.8 Å². The number of aryl methyl sites for hydroxylation is 1. The summed E-state index contributed by atoms with van der Waals surface area (Å²) in [4.78, 5) is 24.0. The molecule has 0 aliphatic rings.